The van der Waals surface area contributed by atoms with Crippen molar-refractivity contribution in [2.45, 2.75) is 12.0 Å². The third kappa shape index (κ3) is 1.99. The van der Waals surface area contributed by atoms with Gasteiger partial charge in [0.25, 0.3) is 0 Å². The molecule has 1 saturated heterocycles. The Hall–Kier alpha value is -0.870. The predicted molar refractivity (Wildman–Crippen MR) is 65.4 cm³/mol. The van der Waals surface area contributed by atoms with Gasteiger partial charge in [0.15, 0.2) is 0 Å². The molecule has 1 N–H and O–H groups in total. The van der Waals surface area contributed by atoms with E-state index in [4.69, 9.17) is 9.47 Å². The van der Waals surface area contributed by atoms with Crippen LogP contribution in [0.25, 0.3) is 0 Å². The molecule has 1 unspecified atom stereocenters. The summed E-state index contributed by atoms with van der Waals surface area (Å²) in [4.78, 5) is 0. The van der Waals surface area contributed by atoms with Gasteiger partial charge in [-0.05, 0) is 30.4 Å². The first-order valence-electron chi connectivity index (χ1n) is 5.22. The summed E-state index contributed by atoms with van der Waals surface area (Å²) in [5.41, 5.74) is 0.0595. The minimum Gasteiger partial charge on any atom is -0.497 e. The molecule has 1 aromatic rings. The van der Waals surface area contributed by atoms with E-state index in [1.165, 1.54) is 0 Å². The molecule has 0 bridgehead atoms. The molecule has 1 atom stereocenters. The third-order valence-corrected chi connectivity index (χ3v) is 4.08. The van der Waals surface area contributed by atoms with Gasteiger partial charge in [-0.25, -0.2) is 0 Å². The summed E-state index contributed by atoms with van der Waals surface area (Å²) in [6, 6.07) is 5.55. The van der Waals surface area contributed by atoms with Crippen LogP contribution in [0.15, 0.2) is 18.2 Å². The molecule has 0 amide bonds. The first-order chi connectivity index (χ1) is 7.69. The Kier molecular flexibility index (Phi) is 3.30. The number of benzene rings is 1. The van der Waals surface area contributed by atoms with Crippen LogP contribution in [0.3, 0.4) is 0 Å². The molecule has 0 aromatic heterocycles. The molecular weight excluding hydrogens is 224 g/mol. The van der Waals surface area contributed by atoms with Crippen molar-refractivity contribution in [3.8, 4) is 11.5 Å². The second kappa shape index (κ2) is 4.55. The van der Waals surface area contributed by atoms with Gasteiger partial charge >= 0.3 is 0 Å². The fraction of sp³-hybridized carbons (Fsp3) is 0.500. The van der Waals surface area contributed by atoms with Crippen LogP contribution in [0, 0.1) is 0 Å². The van der Waals surface area contributed by atoms with Crippen molar-refractivity contribution in [1.29, 1.82) is 0 Å². The number of ether oxygens (including phenoxy) is 2. The molecule has 1 heterocycles. The van der Waals surface area contributed by atoms with Crippen molar-refractivity contribution in [3.63, 3.8) is 0 Å². The van der Waals surface area contributed by atoms with E-state index >= 15 is 0 Å². The number of rotatable bonds is 3. The lowest BCUT2D eigenvalue weighted by Gasteiger charge is -2.24. The van der Waals surface area contributed by atoms with Crippen molar-refractivity contribution in [3.05, 3.63) is 23.8 Å². The molecule has 16 heavy (non-hydrogen) atoms. The first-order valence-corrected chi connectivity index (χ1v) is 6.38. The zero-order valence-corrected chi connectivity index (χ0v) is 10.3. The quantitative estimate of drug-likeness (QED) is 0.877. The second-order valence-corrected chi connectivity index (χ2v) is 5.01. The smallest absolute Gasteiger partial charge is 0.125 e. The Labute approximate surface area is 99.8 Å². The Morgan fingerprint density at radius 3 is 2.69 bits per heavy atom. The fourth-order valence-corrected chi connectivity index (χ4v) is 3.21. The lowest BCUT2D eigenvalue weighted by atomic mass is 9.92. The van der Waals surface area contributed by atoms with E-state index in [0.717, 1.165) is 35.0 Å². The number of aliphatic hydroxyl groups is 1. The van der Waals surface area contributed by atoms with Gasteiger partial charge in [-0.15, -0.1) is 0 Å². The van der Waals surface area contributed by atoms with Gasteiger partial charge in [-0.1, -0.05) is 0 Å². The molecule has 1 aliphatic heterocycles. The van der Waals surface area contributed by atoms with Gasteiger partial charge in [0.2, 0.25) is 0 Å². The molecule has 0 radical (unpaired) electrons. The van der Waals surface area contributed by atoms with Gasteiger partial charge < -0.3 is 14.6 Å². The molecule has 1 fully saturated rings. The van der Waals surface area contributed by atoms with Crippen LogP contribution in [-0.2, 0) is 5.60 Å². The van der Waals surface area contributed by atoms with Gasteiger partial charge in [-0.3, -0.25) is 0 Å². The van der Waals surface area contributed by atoms with E-state index < -0.39 is 5.60 Å². The Morgan fingerprint density at radius 1 is 1.31 bits per heavy atom. The molecule has 0 saturated carbocycles. The maximum atomic E-state index is 10.5. The first kappa shape index (κ1) is 11.6. The predicted octanol–water partition coefficient (Wildman–Crippen LogP) is 2.03. The molecular formula is C12H16O3S. The van der Waals surface area contributed by atoms with Crippen LogP contribution in [0.1, 0.15) is 12.0 Å². The molecule has 1 aliphatic rings. The van der Waals surface area contributed by atoms with Crippen LogP contribution in [-0.4, -0.2) is 30.8 Å². The summed E-state index contributed by atoms with van der Waals surface area (Å²) in [6.45, 7) is 0. The Bertz CT molecular complexity index is 373. The molecule has 3 nitrogen and oxygen atoms in total. The fourth-order valence-electron chi connectivity index (χ4n) is 1.94. The zero-order chi connectivity index (χ0) is 11.6. The maximum absolute atomic E-state index is 10.5. The van der Waals surface area contributed by atoms with Crippen molar-refractivity contribution < 1.29 is 14.6 Å². The van der Waals surface area contributed by atoms with E-state index in [2.05, 4.69) is 0 Å². The highest BCUT2D eigenvalue weighted by Gasteiger charge is 2.36. The van der Waals surface area contributed by atoms with E-state index in [0.29, 0.717) is 0 Å². The lowest BCUT2D eigenvalue weighted by molar-refractivity contribution is 0.0627. The molecule has 0 aliphatic carbocycles. The third-order valence-electron chi connectivity index (χ3n) is 2.91. The molecule has 1 aromatic carbocycles. The van der Waals surface area contributed by atoms with Crippen LogP contribution < -0.4 is 9.47 Å². The van der Waals surface area contributed by atoms with Crippen molar-refractivity contribution >= 4 is 11.8 Å². The highest BCUT2D eigenvalue weighted by Crippen LogP contribution is 2.42. The monoisotopic (exact) mass is 240 g/mol. The summed E-state index contributed by atoms with van der Waals surface area (Å²) in [5.74, 6) is 3.18. The topological polar surface area (TPSA) is 38.7 Å². The minimum atomic E-state index is -0.773. The standard InChI is InChI=1S/C12H16O3S/c1-14-9-3-4-11(15-2)10(7-9)12(13)5-6-16-8-12/h3-4,7,13H,5-6,8H2,1-2H3. The summed E-state index contributed by atoms with van der Waals surface area (Å²) >= 11 is 1.76. The molecule has 2 rings (SSSR count). The van der Waals surface area contributed by atoms with Crippen LogP contribution in [0.5, 0.6) is 11.5 Å². The van der Waals surface area contributed by atoms with Gasteiger partial charge in [0, 0.05) is 11.3 Å². The summed E-state index contributed by atoms with van der Waals surface area (Å²) in [5, 5.41) is 10.5. The normalized spacial score (nSPS) is 24.4. The zero-order valence-electron chi connectivity index (χ0n) is 9.53. The van der Waals surface area contributed by atoms with E-state index in [-0.39, 0.29) is 0 Å². The summed E-state index contributed by atoms with van der Waals surface area (Å²) < 4.78 is 10.5. The number of hydrogen-bond acceptors (Lipinski definition) is 4. The molecule has 4 heteroatoms. The molecule has 0 spiro atoms. The van der Waals surface area contributed by atoms with Crippen LogP contribution in [0.2, 0.25) is 0 Å². The highest BCUT2D eigenvalue weighted by atomic mass is 32.2. The van der Waals surface area contributed by atoms with Gasteiger partial charge in [0.05, 0.1) is 14.2 Å². The van der Waals surface area contributed by atoms with Crippen LogP contribution in [0.4, 0.5) is 0 Å². The van der Waals surface area contributed by atoms with Gasteiger partial charge in [0.1, 0.15) is 17.1 Å². The van der Waals surface area contributed by atoms with E-state index in [1.807, 2.05) is 18.2 Å². The van der Waals surface area contributed by atoms with Crippen molar-refractivity contribution in [1.82, 2.24) is 0 Å². The average molecular weight is 240 g/mol. The number of thioether (sulfide) groups is 1. The van der Waals surface area contributed by atoms with Crippen LogP contribution >= 0.6 is 11.8 Å². The highest BCUT2D eigenvalue weighted by molar-refractivity contribution is 7.99. The van der Waals surface area contributed by atoms with Crippen molar-refractivity contribution in [2.24, 2.45) is 0 Å². The summed E-state index contributed by atoms with van der Waals surface area (Å²) in [7, 11) is 3.25. The Morgan fingerprint density at radius 2 is 2.12 bits per heavy atom. The Balaban J connectivity index is 2.43. The van der Waals surface area contributed by atoms with E-state index in [1.54, 1.807) is 26.0 Å². The maximum Gasteiger partial charge on any atom is 0.125 e. The summed E-state index contributed by atoms with van der Waals surface area (Å²) in [6.07, 6.45) is 0.765. The number of methoxy groups -OCH3 is 2. The SMILES string of the molecule is COc1ccc(OC)c(C2(O)CCSC2)c1. The van der Waals surface area contributed by atoms with E-state index in [9.17, 15) is 5.11 Å². The minimum absolute atomic E-state index is 0.719. The lowest BCUT2D eigenvalue weighted by Crippen LogP contribution is -2.25. The second-order valence-electron chi connectivity index (χ2n) is 3.90. The average Bonchev–Trinajstić information content (AvgIpc) is 2.76. The van der Waals surface area contributed by atoms with Gasteiger partial charge in [-0.2, -0.15) is 11.8 Å². The van der Waals surface area contributed by atoms with Crippen molar-refractivity contribution in [2.75, 3.05) is 25.7 Å². The number of hydrogen-bond donors (Lipinski definition) is 1. The molecule has 88 valence electrons. The largest absolute Gasteiger partial charge is 0.497 e.